The Morgan fingerprint density at radius 2 is 2.46 bits per heavy atom. The van der Waals surface area contributed by atoms with E-state index in [-0.39, 0.29) is 0 Å². The lowest BCUT2D eigenvalue weighted by Gasteiger charge is -2.05. The number of nitrogens with zero attached hydrogens (tertiary/aromatic N) is 2. The van der Waals surface area contributed by atoms with Crippen LogP contribution in [0.25, 0.3) is 0 Å². The van der Waals surface area contributed by atoms with Crippen LogP contribution in [-0.2, 0) is 13.1 Å². The summed E-state index contributed by atoms with van der Waals surface area (Å²) in [5.74, 6) is 0. The molecule has 1 aliphatic carbocycles. The maximum absolute atomic E-state index is 8.56. The Morgan fingerprint density at radius 3 is 3.15 bits per heavy atom. The fourth-order valence-electron chi connectivity index (χ4n) is 1.38. The summed E-state index contributed by atoms with van der Waals surface area (Å²) < 4.78 is 1.98. The van der Waals surface area contributed by atoms with Gasteiger partial charge in [-0.3, -0.25) is 0 Å². The third-order valence-electron chi connectivity index (χ3n) is 2.31. The van der Waals surface area contributed by atoms with Crippen LogP contribution in [0, 0.1) is 11.3 Å². The van der Waals surface area contributed by atoms with Gasteiger partial charge in [-0.25, -0.2) is 0 Å². The quantitative estimate of drug-likeness (QED) is 0.748. The molecule has 0 aromatic carbocycles. The van der Waals surface area contributed by atoms with Crippen LogP contribution >= 0.6 is 0 Å². The lowest BCUT2D eigenvalue weighted by molar-refractivity contribution is 0.640. The van der Waals surface area contributed by atoms with Crippen LogP contribution in [0.2, 0.25) is 0 Å². The minimum Gasteiger partial charge on any atom is -0.337 e. The maximum atomic E-state index is 8.56. The second-order valence-corrected chi connectivity index (χ2v) is 3.44. The molecule has 1 aliphatic rings. The summed E-state index contributed by atoms with van der Waals surface area (Å²) in [6, 6.07) is 6.93. The highest BCUT2D eigenvalue weighted by molar-refractivity contribution is 5.08. The SMILES string of the molecule is N#CCn1cccc1CNC1CC1. The summed E-state index contributed by atoms with van der Waals surface area (Å²) in [4.78, 5) is 0. The van der Waals surface area contributed by atoms with Gasteiger partial charge in [-0.2, -0.15) is 5.26 Å². The van der Waals surface area contributed by atoms with Crippen molar-refractivity contribution in [2.24, 2.45) is 0 Å². The third-order valence-corrected chi connectivity index (χ3v) is 2.31. The highest BCUT2D eigenvalue weighted by Crippen LogP contribution is 2.19. The van der Waals surface area contributed by atoms with E-state index in [0.29, 0.717) is 6.54 Å². The molecule has 1 N–H and O–H groups in total. The summed E-state index contributed by atoms with van der Waals surface area (Å²) >= 11 is 0. The first-order valence-electron chi connectivity index (χ1n) is 4.64. The molecule has 68 valence electrons. The Balaban J connectivity index is 1.93. The van der Waals surface area contributed by atoms with E-state index in [4.69, 9.17) is 5.26 Å². The molecule has 0 atom stereocenters. The molecule has 0 spiro atoms. The molecule has 0 unspecified atom stereocenters. The normalized spacial score (nSPS) is 15.6. The molecule has 1 saturated carbocycles. The Labute approximate surface area is 78.0 Å². The Hall–Kier alpha value is -1.27. The largest absolute Gasteiger partial charge is 0.337 e. The molecule has 0 aliphatic heterocycles. The van der Waals surface area contributed by atoms with Crippen LogP contribution in [0.3, 0.4) is 0 Å². The van der Waals surface area contributed by atoms with Crippen molar-refractivity contribution < 1.29 is 0 Å². The van der Waals surface area contributed by atoms with Gasteiger partial charge in [0.2, 0.25) is 0 Å². The van der Waals surface area contributed by atoms with Gasteiger partial charge >= 0.3 is 0 Å². The molecule has 0 amide bonds. The van der Waals surface area contributed by atoms with E-state index < -0.39 is 0 Å². The van der Waals surface area contributed by atoms with E-state index in [1.54, 1.807) is 0 Å². The number of hydrogen-bond acceptors (Lipinski definition) is 2. The third kappa shape index (κ3) is 2.10. The molecule has 1 aromatic heterocycles. The van der Waals surface area contributed by atoms with Crippen molar-refractivity contribution in [2.45, 2.75) is 32.0 Å². The first-order valence-corrected chi connectivity index (χ1v) is 4.64. The van der Waals surface area contributed by atoms with Crippen molar-refractivity contribution in [3.05, 3.63) is 24.0 Å². The van der Waals surface area contributed by atoms with E-state index in [1.807, 2.05) is 16.8 Å². The van der Waals surface area contributed by atoms with E-state index in [9.17, 15) is 0 Å². The maximum Gasteiger partial charge on any atom is 0.109 e. The Kier molecular flexibility index (Phi) is 2.33. The molecule has 1 fully saturated rings. The van der Waals surface area contributed by atoms with Gasteiger partial charge < -0.3 is 9.88 Å². The van der Waals surface area contributed by atoms with Gasteiger partial charge in [0, 0.05) is 24.5 Å². The van der Waals surface area contributed by atoms with Gasteiger partial charge in [0.15, 0.2) is 0 Å². The number of hydrogen-bond donors (Lipinski definition) is 1. The van der Waals surface area contributed by atoms with Crippen molar-refractivity contribution in [3.8, 4) is 6.07 Å². The van der Waals surface area contributed by atoms with Gasteiger partial charge in [-0.05, 0) is 25.0 Å². The van der Waals surface area contributed by atoms with Crippen molar-refractivity contribution in [3.63, 3.8) is 0 Å². The van der Waals surface area contributed by atoms with Crippen LogP contribution in [-0.4, -0.2) is 10.6 Å². The molecule has 1 heterocycles. The average molecular weight is 175 g/mol. The summed E-state index contributed by atoms with van der Waals surface area (Å²) in [5, 5.41) is 12.0. The average Bonchev–Trinajstić information content (AvgIpc) is 2.86. The van der Waals surface area contributed by atoms with E-state index in [2.05, 4.69) is 17.5 Å². The molecular formula is C10H13N3. The van der Waals surface area contributed by atoms with Crippen molar-refractivity contribution in [1.82, 2.24) is 9.88 Å². The fourth-order valence-corrected chi connectivity index (χ4v) is 1.38. The van der Waals surface area contributed by atoms with Gasteiger partial charge in [0.1, 0.15) is 6.54 Å². The first kappa shape index (κ1) is 8.33. The molecule has 13 heavy (non-hydrogen) atoms. The van der Waals surface area contributed by atoms with Crippen LogP contribution in [0.5, 0.6) is 0 Å². The minimum atomic E-state index is 0.453. The second kappa shape index (κ2) is 3.63. The highest BCUT2D eigenvalue weighted by atomic mass is 15.0. The van der Waals surface area contributed by atoms with Gasteiger partial charge in [-0.1, -0.05) is 0 Å². The number of nitrogens with one attached hydrogen (secondary N) is 1. The zero-order valence-corrected chi connectivity index (χ0v) is 7.53. The molecule has 0 saturated heterocycles. The highest BCUT2D eigenvalue weighted by Gasteiger charge is 2.20. The Morgan fingerprint density at radius 1 is 1.62 bits per heavy atom. The van der Waals surface area contributed by atoms with Gasteiger partial charge in [0.05, 0.1) is 6.07 Å². The summed E-state index contributed by atoms with van der Waals surface area (Å²) in [6.07, 6.45) is 4.56. The Bertz CT molecular complexity index is 317. The van der Waals surface area contributed by atoms with Crippen LogP contribution in [0.4, 0.5) is 0 Å². The zero-order valence-electron chi connectivity index (χ0n) is 7.53. The smallest absolute Gasteiger partial charge is 0.109 e. The molecular weight excluding hydrogens is 162 g/mol. The van der Waals surface area contributed by atoms with Crippen LogP contribution in [0.1, 0.15) is 18.5 Å². The fraction of sp³-hybridized carbons (Fsp3) is 0.500. The van der Waals surface area contributed by atoms with Crippen LogP contribution in [0.15, 0.2) is 18.3 Å². The van der Waals surface area contributed by atoms with E-state index in [0.717, 1.165) is 12.6 Å². The number of nitriles is 1. The molecule has 0 radical (unpaired) electrons. The predicted molar refractivity (Wildman–Crippen MR) is 49.9 cm³/mol. The number of rotatable bonds is 4. The molecule has 1 aromatic rings. The summed E-state index contributed by atoms with van der Waals surface area (Å²) in [6.45, 7) is 1.34. The van der Waals surface area contributed by atoms with E-state index >= 15 is 0 Å². The van der Waals surface area contributed by atoms with Crippen LogP contribution < -0.4 is 5.32 Å². The topological polar surface area (TPSA) is 40.8 Å². The van der Waals surface area contributed by atoms with Gasteiger partial charge in [0.25, 0.3) is 0 Å². The van der Waals surface area contributed by atoms with Crippen molar-refractivity contribution in [2.75, 3.05) is 0 Å². The zero-order chi connectivity index (χ0) is 9.10. The van der Waals surface area contributed by atoms with Crippen molar-refractivity contribution >= 4 is 0 Å². The van der Waals surface area contributed by atoms with E-state index in [1.165, 1.54) is 18.5 Å². The van der Waals surface area contributed by atoms with Crippen molar-refractivity contribution in [1.29, 1.82) is 5.26 Å². The summed E-state index contributed by atoms with van der Waals surface area (Å²) in [5.41, 5.74) is 1.20. The lowest BCUT2D eigenvalue weighted by atomic mass is 10.4. The second-order valence-electron chi connectivity index (χ2n) is 3.44. The molecule has 3 heteroatoms. The minimum absolute atomic E-state index is 0.453. The number of aromatic nitrogens is 1. The van der Waals surface area contributed by atoms with Gasteiger partial charge in [-0.15, -0.1) is 0 Å². The molecule has 0 bridgehead atoms. The monoisotopic (exact) mass is 175 g/mol. The lowest BCUT2D eigenvalue weighted by Crippen LogP contribution is -2.17. The molecule has 3 nitrogen and oxygen atoms in total. The summed E-state index contributed by atoms with van der Waals surface area (Å²) in [7, 11) is 0. The standard InChI is InChI=1S/C10H13N3/c11-5-7-13-6-1-2-10(13)8-12-9-3-4-9/h1-2,6,9,12H,3-4,7-8H2. The molecule has 2 rings (SSSR count). The first-order chi connectivity index (χ1) is 6.40. The predicted octanol–water partition coefficient (Wildman–Crippen LogP) is 1.26.